The molecule has 1 atom stereocenters. The number of fused-ring (bicyclic) bond motifs is 1. The van der Waals surface area contributed by atoms with Crippen molar-refractivity contribution in [3.8, 4) is 5.75 Å². The maximum absolute atomic E-state index is 9.38. The molecule has 1 aliphatic rings. The van der Waals surface area contributed by atoms with Gasteiger partial charge in [0.1, 0.15) is 6.61 Å². The number of ether oxygens (including phenoxy) is 1. The number of aliphatic hydroxyl groups excluding tert-OH is 1. The van der Waals surface area contributed by atoms with E-state index in [-0.39, 0.29) is 6.10 Å². The predicted molar refractivity (Wildman–Crippen MR) is 60.8 cm³/mol. The third-order valence-electron chi connectivity index (χ3n) is 2.38. The predicted octanol–water partition coefficient (Wildman–Crippen LogP) is 1.92. The van der Waals surface area contributed by atoms with Gasteiger partial charge in [-0.25, -0.2) is 0 Å². The minimum absolute atomic E-state index is 0.352. The number of halogens is 1. The van der Waals surface area contributed by atoms with Crippen LogP contribution in [-0.4, -0.2) is 30.9 Å². The maximum Gasteiger partial charge on any atom is 0.161 e. The first-order valence-electron chi connectivity index (χ1n) is 5.03. The van der Waals surface area contributed by atoms with E-state index >= 15 is 0 Å². The largest absolute Gasteiger partial charge is 0.488 e. The van der Waals surface area contributed by atoms with Gasteiger partial charge in [-0.05, 0) is 19.1 Å². The second kappa shape index (κ2) is 4.29. The van der Waals surface area contributed by atoms with E-state index < -0.39 is 0 Å². The van der Waals surface area contributed by atoms with E-state index in [1.807, 2.05) is 18.2 Å². The Balaban J connectivity index is 2.30. The molecule has 0 radical (unpaired) electrons. The van der Waals surface area contributed by atoms with Crippen LogP contribution in [0.4, 0.5) is 5.69 Å². The number of nitrogens with zero attached hydrogens (tertiary/aromatic N) is 1. The smallest absolute Gasteiger partial charge is 0.161 e. The zero-order chi connectivity index (χ0) is 10.8. The van der Waals surface area contributed by atoms with Crippen molar-refractivity contribution in [3.63, 3.8) is 0 Å². The number of hydrogen-bond acceptors (Lipinski definition) is 3. The third-order valence-corrected chi connectivity index (χ3v) is 2.68. The third kappa shape index (κ3) is 2.19. The fraction of sp³-hybridized carbons (Fsp3) is 0.455. The lowest BCUT2D eigenvalue weighted by atomic mass is 10.2. The summed E-state index contributed by atoms with van der Waals surface area (Å²) < 4.78 is 5.51. The van der Waals surface area contributed by atoms with Gasteiger partial charge in [-0.3, -0.25) is 0 Å². The fourth-order valence-electron chi connectivity index (χ4n) is 1.78. The van der Waals surface area contributed by atoms with Gasteiger partial charge >= 0.3 is 0 Å². The van der Waals surface area contributed by atoms with Crippen LogP contribution in [0.15, 0.2) is 18.2 Å². The molecule has 0 bridgehead atoms. The standard InChI is InChI=1S/C11H14ClNO2/c1-8(14)7-13-5-6-15-11-9(12)3-2-4-10(11)13/h2-4,8,14H,5-7H2,1H3. The second-order valence-corrected chi connectivity index (χ2v) is 4.14. The Morgan fingerprint density at radius 2 is 2.40 bits per heavy atom. The van der Waals surface area contributed by atoms with Gasteiger partial charge in [0.15, 0.2) is 5.75 Å². The summed E-state index contributed by atoms with van der Waals surface area (Å²) in [6.07, 6.45) is -0.352. The molecule has 2 rings (SSSR count). The monoisotopic (exact) mass is 227 g/mol. The minimum atomic E-state index is -0.352. The molecule has 1 aromatic carbocycles. The Hall–Kier alpha value is -0.930. The molecular weight excluding hydrogens is 214 g/mol. The zero-order valence-electron chi connectivity index (χ0n) is 8.61. The van der Waals surface area contributed by atoms with Crippen LogP contribution in [0.2, 0.25) is 5.02 Å². The Morgan fingerprint density at radius 3 is 3.13 bits per heavy atom. The van der Waals surface area contributed by atoms with Crippen LogP contribution < -0.4 is 9.64 Å². The van der Waals surface area contributed by atoms with Crippen molar-refractivity contribution in [3.05, 3.63) is 23.2 Å². The molecule has 0 amide bonds. The summed E-state index contributed by atoms with van der Waals surface area (Å²) in [5, 5.41) is 10.0. The van der Waals surface area contributed by atoms with Crippen LogP contribution in [0, 0.1) is 0 Å². The van der Waals surface area contributed by atoms with Crippen LogP contribution in [0.25, 0.3) is 0 Å². The van der Waals surface area contributed by atoms with Gasteiger partial charge in [-0.1, -0.05) is 17.7 Å². The highest BCUT2D eigenvalue weighted by Gasteiger charge is 2.20. The van der Waals surface area contributed by atoms with Gasteiger partial charge in [0.2, 0.25) is 0 Å². The van der Waals surface area contributed by atoms with E-state index in [9.17, 15) is 5.11 Å². The van der Waals surface area contributed by atoms with E-state index in [0.717, 1.165) is 18.0 Å². The van der Waals surface area contributed by atoms with Crippen molar-refractivity contribution in [1.82, 2.24) is 0 Å². The summed E-state index contributed by atoms with van der Waals surface area (Å²) in [4.78, 5) is 2.09. The minimum Gasteiger partial charge on any atom is -0.488 e. The number of para-hydroxylation sites is 1. The molecule has 0 spiro atoms. The maximum atomic E-state index is 9.38. The number of anilines is 1. The van der Waals surface area contributed by atoms with Crippen molar-refractivity contribution in [2.75, 3.05) is 24.6 Å². The van der Waals surface area contributed by atoms with Crippen molar-refractivity contribution < 1.29 is 9.84 Å². The van der Waals surface area contributed by atoms with Crippen LogP contribution in [-0.2, 0) is 0 Å². The number of benzene rings is 1. The summed E-state index contributed by atoms with van der Waals surface area (Å²) >= 11 is 6.03. The molecule has 0 fully saturated rings. The van der Waals surface area contributed by atoms with Crippen LogP contribution in [0.1, 0.15) is 6.92 Å². The van der Waals surface area contributed by atoms with E-state index in [0.29, 0.717) is 18.2 Å². The van der Waals surface area contributed by atoms with Gasteiger partial charge in [0.25, 0.3) is 0 Å². The first kappa shape index (κ1) is 10.6. The van der Waals surface area contributed by atoms with Gasteiger partial charge in [-0.15, -0.1) is 0 Å². The second-order valence-electron chi connectivity index (χ2n) is 3.73. The quantitative estimate of drug-likeness (QED) is 0.838. The summed E-state index contributed by atoms with van der Waals surface area (Å²) in [6, 6.07) is 5.67. The average Bonchev–Trinajstić information content (AvgIpc) is 2.19. The average molecular weight is 228 g/mol. The Bertz CT molecular complexity index is 354. The number of aliphatic hydroxyl groups is 1. The van der Waals surface area contributed by atoms with Gasteiger partial charge in [0, 0.05) is 6.54 Å². The lowest BCUT2D eigenvalue weighted by Gasteiger charge is -2.32. The SMILES string of the molecule is CC(O)CN1CCOc2c(Cl)cccc21. The molecule has 1 aromatic rings. The van der Waals surface area contributed by atoms with Crippen LogP contribution in [0.5, 0.6) is 5.75 Å². The zero-order valence-corrected chi connectivity index (χ0v) is 9.37. The number of β-amino-alcohol motifs (C(OH)–C–C–N with tert-alkyl or cyclic N) is 1. The van der Waals surface area contributed by atoms with E-state index in [4.69, 9.17) is 16.3 Å². The van der Waals surface area contributed by atoms with Crippen LogP contribution >= 0.6 is 11.6 Å². The molecule has 15 heavy (non-hydrogen) atoms. The lowest BCUT2D eigenvalue weighted by Crippen LogP contribution is -2.37. The number of hydrogen-bond donors (Lipinski definition) is 1. The van der Waals surface area contributed by atoms with Crippen molar-refractivity contribution in [2.24, 2.45) is 0 Å². The first-order chi connectivity index (χ1) is 7.18. The van der Waals surface area contributed by atoms with Gasteiger partial charge in [-0.2, -0.15) is 0 Å². The van der Waals surface area contributed by atoms with Crippen molar-refractivity contribution in [1.29, 1.82) is 0 Å². The van der Waals surface area contributed by atoms with E-state index in [1.165, 1.54) is 0 Å². The highest BCUT2D eigenvalue weighted by Crippen LogP contribution is 2.37. The summed E-state index contributed by atoms with van der Waals surface area (Å²) in [7, 11) is 0. The summed E-state index contributed by atoms with van der Waals surface area (Å²) in [5.74, 6) is 0.728. The molecule has 0 saturated carbocycles. The van der Waals surface area contributed by atoms with Crippen molar-refractivity contribution in [2.45, 2.75) is 13.0 Å². The van der Waals surface area contributed by atoms with E-state index in [2.05, 4.69) is 4.90 Å². The molecular formula is C11H14ClNO2. The molecule has 0 aliphatic carbocycles. The van der Waals surface area contributed by atoms with Crippen molar-refractivity contribution >= 4 is 17.3 Å². The Morgan fingerprint density at radius 1 is 1.60 bits per heavy atom. The fourth-order valence-corrected chi connectivity index (χ4v) is 2.00. The molecule has 1 heterocycles. The lowest BCUT2D eigenvalue weighted by molar-refractivity contribution is 0.194. The summed E-state index contributed by atoms with van der Waals surface area (Å²) in [5.41, 5.74) is 0.967. The Kier molecular flexibility index (Phi) is 3.03. The molecule has 82 valence electrons. The highest BCUT2D eigenvalue weighted by atomic mass is 35.5. The molecule has 1 unspecified atom stereocenters. The molecule has 0 aromatic heterocycles. The highest BCUT2D eigenvalue weighted by molar-refractivity contribution is 6.32. The summed E-state index contributed by atoms with van der Waals surface area (Å²) in [6.45, 7) is 3.79. The molecule has 1 aliphatic heterocycles. The molecule has 4 heteroatoms. The van der Waals surface area contributed by atoms with Gasteiger partial charge < -0.3 is 14.7 Å². The number of rotatable bonds is 2. The molecule has 3 nitrogen and oxygen atoms in total. The normalized spacial score (nSPS) is 16.9. The van der Waals surface area contributed by atoms with E-state index in [1.54, 1.807) is 6.92 Å². The molecule has 1 N–H and O–H groups in total. The first-order valence-corrected chi connectivity index (χ1v) is 5.40. The Labute approximate surface area is 94.2 Å². The topological polar surface area (TPSA) is 32.7 Å². The van der Waals surface area contributed by atoms with Gasteiger partial charge in [0.05, 0.1) is 23.4 Å². The van der Waals surface area contributed by atoms with Crippen LogP contribution in [0.3, 0.4) is 0 Å². The molecule has 0 saturated heterocycles.